The Hall–Kier alpha value is -1.77. The number of allylic oxidation sites excluding steroid dienone is 1. The zero-order valence-corrected chi connectivity index (χ0v) is 7.37. The Morgan fingerprint density at radius 2 is 2.38 bits per heavy atom. The van der Waals surface area contributed by atoms with Gasteiger partial charge >= 0.3 is 5.97 Å². The van der Waals surface area contributed by atoms with Crippen molar-refractivity contribution < 1.29 is 9.90 Å². The van der Waals surface area contributed by atoms with Gasteiger partial charge in [-0.05, 0) is 24.3 Å². The molecular weight excluding hydrogens is 166 g/mol. The van der Waals surface area contributed by atoms with Crippen molar-refractivity contribution in [2.45, 2.75) is 6.92 Å². The maximum Gasteiger partial charge on any atom is 0.335 e. The molecule has 13 heavy (non-hydrogen) atoms. The van der Waals surface area contributed by atoms with Gasteiger partial charge in [0.15, 0.2) is 0 Å². The Balaban J connectivity index is 3.22. The van der Waals surface area contributed by atoms with Crippen LogP contribution in [0, 0.1) is 0 Å². The van der Waals surface area contributed by atoms with Gasteiger partial charge < -0.3 is 10.1 Å². The van der Waals surface area contributed by atoms with Gasteiger partial charge in [-0.3, -0.25) is 0 Å². The van der Waals surface area contributed by atoms with Gasteiger partial charge in [0.1, 0.15) is 0 Å². The van der Waals surface area contributed by atoms with Gasteiger partial charge in [0, 0.05) is 11.5 Å². The zero-order chi connectivity index (χ0) is 9.84. The number of hydrogen-bond acceptors (Lipinski definition) is 1. The highest BCUT2D eigenvalue weighted by Crippen LogP contribution is 1.94. The molecule has 0 amide bonds. The summed E-state index contributed by atoms with van der Waals surface area (Å²) in [6.45, 7) is 5.43. The molecule has 2 N–H and O–H groups in total. The van der Waals surface area contributed by atoms with Crippen LogP contribution in [-0.4, -0.2) is 16.1 Å². The number of carbonyl (C=O) groups is 1. The molecule has 3 nitrogen and oxygen atoms in total. The Morgan fingerprint density at radius 3 is 2.77 bits per heavy atom. The molecule has 0 atom stereocenters. The minimum atomic E-state index is -0.934. The molecule has 0 spiro atoms. The average molecular weight is 177 g/mol. The molecule has 0 saturated carbocycles. The summed E-state index contributed by atoms with van der Waals surface area (Å²) in [4.78, 5) is 13.5. The Kier molecular flexibility index (Phi) is 2.69. The summed E-state index contributed by atoms with van der Waals surface area (Å²) >= 11 is 0. The van der Waals surface area contributed by atoms with E-state index in [4.69, 9.17) is 5.11 Å². The van der Waals surface area contributed by atoms with E-state index in [2.05, 4.69) is 11.6 Å². The number of aromatic nitrogens is 1. The molecule has 0 aliphatic rings. The van der Waals surface area contributed by atoms with Crippen LogP contribution in [0.1, 0.15) is 6.92 Å². The third-order valence-electron chi connectivity index (χ3n) is 1.73. The van der Waals surface area contributed by atoms with Crippen LogP contribution in [0.15, 0.2) is 23.9 Å². The highest BCUT2D eigenvalue weighted by atomic mass is 16.4. The second-order valence-electron chi connectivity index (χ2n) is 2.61. The molecule has 1 rings (SSSR count). The summed E-state index contributed by atoms with van der Waals surface area (Å²) in [6, 6.07) is 1.79. The molecule has 1 aromatic heterocycles. The molecule has 0 unspecified atom stereocenters. The minimum absolute atomic E-state index is 0.257. The molecule has 0 aliphatic heterocycles. The fourth-order valence-corrected chi connectivity index (χ4v) is 0.973. The smallest absolute Gasteiger partial charge is 0.335 e. The van der Waals surface area contributed by atoms with Gasteiger partial charge in [-0.1, -0.05) is 12.7 Å². The van der Waals surface area contributed by atoms with E-state index in [0.29, 0.717) is 0 Å². The standard InChI is InChI=1S/C10H11NO2/c1-3-8(10(12)13)6-9-7(2)4-5-11-9/h3-6,11H,2H2,1H3,(H,12,13)/b8-3+,9-6+. The third kappa shape index (κ3) is 2.08. The van der Waals surface area contributed by atoms with Gasteiger partial charge in [0.05, 0.1) is 5.57 Å². The summed E-state index contributed by atoms with van der Waals surface area (Å²) in [7, 11) is 0. The highest BCUT2D eigenvalue weighted by Gasteiger charge is 2.00. The molecule has 0 aliphatic carbocycles. The molecule has 1 aromatic rings. The van der Waals surface area contributed by atoms with Crippen LogP contribution in [0.4, 0.5) is 0 Å². The van der Waals surface area contributed by atoms with E-state index in [-0.39, 0.29) is 5.57 Å². The van der Waals surface area contributed by atoms with E-state index in [0.717, 1.165) is 10.6 Å². The molecular formula is C10H11NO2. The summed E-state index contributed by atoms with van der Waals surface area (Å²) in [5, 5.41) is 10.3. The summed E-state index contributed by atoms with van der Waals surface area (Å²) in [5.74, 6) is -0.934. The van der Waals surface area contributed by atoms with Crippen molar-refractivity contribution in [3.8, 4) is 0 Å². The lowest BCUT2D eigenvalue weighted by molar-refractivity contribution is -0.132. The first-order chi connectivity index (χ1) is 6.15. The molecule has 1 heterocycles. The van der Waals surface area contributed by atoms with Crippen LogP contribution < -0.4 is 10.6 Å². The number of carboxylic acid groups (broad SMARTS) is 1. The quantitative estimate of drug-likeness (QED) is 0.636. The molecule has 0 saturated heterocycles. The number of aliphatic carboxylic acids is 1. The van der Waals surface area contributed by atoms with Crippen LogP contribution in [0.2, 0.25) is 0 Å². The molecule has 68 valence electrons. The fourth-order valence-electron chi connectivity index (χ4n) is 0.973. The SMILES string of the molecule is C=c1cc[nH]/c1=C/C(=C\C)C(=O)O. The number of carboxylic acids is 1. The fraction of sp³-hybridized carbons (Fsp3) is 0.100. The van der Waals surface area contributed by atoms with Gasteiger partial charge in [-0.2, -0.15) is 0 Å². The van der Waals surface area contributed by atoms with E-state index >= 15 is 0 Å². The molecule has 3 heteroatoms. The highest BCUT2D eigenvalue weighted by molar-refractivity contribution is 5.95. The van der Waals surface area contributed by atoms with Crippen molar-refractivity contribution in [2.75, 3.05) is 0 Å². The van der Waals surface area contributed by atoms with E-state index in [1.54, 1.807) is 31.3 Å². The Bertz CT molecular complexity index is 440. The first kappa shape index (κ1) is 9.32. The van der Waals surface area contributed by atoms with Crippen molar-refractivity contribution in [1.29, 1.82) is 0 Å². The lowest BCUT2D eigenvalue weighted by Gasteiger charge is -1.90. The van der Waals surface area contributed by atoms with Crippen molar-refractivity contribution in [3.05, 3.63) is 34.5 Å². The zero-order valence-electron chi connectivity index (χ0n) is 7.37. The second-order valence-corrected chi connectivity index (χ2v) is 2.61. The Morgan fingerprint density at radius 1 is 1.69 bits per heavy atom. The molecule has 0 radical (unpaired) electrons. The normalized spacial score (nSPS) is 13.3. The summed E-state index contributed by atoms with van der Waals surface area (Å²) in [5.41, 5.74) is 0.257. The van der Waals surface area contributed by atoms with Crippen LogP contribution in [0.5, 0.6) is 0 Å². The topological polar surface area (TPSA) is 53.1 Å². The van der Waals surface area contributed by atoms with E-state index < -0.39 is 5.97 Å². The molecule has 0 bridgehead atoms. The third-order valence-corrected chi connectivity index (χ3v) is 1.73. The van der Waals surface area contributed by atoms with Crippen molar-refractivity contribution >= 4 is 18.6 Å². The van der Waals surface area contributed by atoms with Gasteiger partial charge in [0.2, 0.25) is 0 Å². The van der Waals surface area contributed by atoms with Crippen LogP contribution in [0.25, 0.3) is 12.7 Å². The summed E-state index contributed by atoms with van der Waals surface area (Å²) < 4.78 is 0. The number of aromatic amines is 1. The predicted octanol–water partition coefficient (Wildman–Crippen LogP) is 0.236. The maximum absolute atomic E-state index is 10.6. The van der Waals surface area contributed by atoms with Gasteiger partial charge in [-0.15, -0.1) is 0 Å². The van der Waals surface area contributed by atoms with Crippen molar-refractivity contribution in [1.82, 2.24) is 4.98 Å². The lowest BCUT2D eigenvalue weighted by atomic mass is 10.2. The average Bonchev–Trinajstić information content (AvgIpc) is 2.46. The molecule has 0 fully saturated rings. The first-order valence-corrected chi connectivity index (χ1v) is 3.89. The predicted molar refractivity (Wildman–Crippen MR) is 51.4 cm³/mol. The Labute approximate surface area is 75.7 Å². The maximum atomic E-state index is 10.6. The minimum Gasteiger partial charge on any atom is -0.478 e. The van der Waals surface area contributed by atoms with E-state index in [9.17, 15) is 4.79 Å². The molecule has 0 aromatic carbocycles. The number of nitrogens with one attached hydrogen (secondary N) is 1. The van der Waals surface area contributed by atoms with Crippen LogP contribution in [-0.2, 0) is 4.79 Å². The number of H-pyrrole nitrogens is 1. The summed E-state index contributed by atoms with van der Waals surface area (Å²) in [6.07, 6.45) is 4.83. The second kappa shape index (κ2) is 3.76. The number of rotatable bonds is 2. The monoisotopic (exact) mass is 177 g/mol. The first-order valence-electron chi connectivity index (χ1n) is 3.89. The van der Waals surface area contributed by atoms with Crippen LogP contribution in [0.3, 0.4) is 0 Å². The van der Waals surface area contributed by atoms with Gasteiger partial charge in [0.25, 0.3) is 0 Å². The largest absolute Gasteiger partial charge is 0.478 e. The van der Waals surface area contributed by atoms with Crippen molar-refractivity contribution in [2.24, 2.45) is 0 Å². The van der Waals surface area contributed by atoms with Gasteiger partial charge in [-0.25, -0.2) is 4.79 Å². The number of hydrogen-bond donors (Lipinski definition) is 2. The lowest BCUT2D eigenvalue weighted by Crippen LogP contribution is -2.21. The van der Waals surface area contributed by atoms with E-state index in [1.807, 2.05) is 0 Å². The van der Waals surface area contributed by atoms with E-state index in [1.165, 1.54) is 0 Å². The van der Waals surface area contributed by atoms with Crippen LogP contribution >= 0.6 is 0 Å². The van der Waals surface area contributed by atoms with Crippen molar-refractivity contribution in [3.63, 3.8) is 0 Å².